The van der Waals surface area contributed by atoms with Gasteiger partial charge in [0.2, 0.25) is 0 Å². The van der Waals surface area contributed by atoms with Crippen LogP contribution in [0.3, 0.4) is 0 Å². The number of nitrogens with zero attached hydrogens (tertiary/aromatic N) is 3. The van der Waals surface area contributed by atoms with Crippen LogP contribution in [-0.4, -0.2) is 59.3 Å². The topological polar surface area (TPSA) is 40.6 Å². The van der Waals surface area contributed by atoms with E-state index in [1.54, 1.807) is 25.4 Å². The second kappa shape index (κ2) is 10.5. The summed E-state index contributed by atoms with van der Waals surface area (Å²) in [6, 6.07) is 9.07. The van der Waals surface area contributed by atoms with Crippen LogP contribution in [0.2, 0.25) is 0 Å². The fourth-order valence-electron chi connectivity index (χ4n) is 3.14. The van der Waals surface area contributed by atoms with E-state index >= 15 is 0 Å². The number of halogens is 1. The van der Waals surface area contributed by atoms with E-state index < -0.39 is 0 Å². The van der Waals surface area contributed by atoms with E-state index in [0.29, 0.717) is 22.9 Å². The highest BCUT2D eigenvalue weighted by molar-refractivity contribution is 7.80. The van der Waals surface area contributed by atoms with Crippen molar-refractivity contribution in [2.24, 2.45) is 0 Å². The highest BCUT2D eigenvalue weighted by Gasteiger charge is 2.14. The van der Waals surface area contributed by atoms with Crippen molar-refractivity contribution < 1.29 is 9.13 Å². The lowest BCUT2D eigenvalue weighted by Gasteiger charge is -2.29. The van der Waals surface area contributed by atoms with E-state index in [9.17, 15) is 4.39 Å². The lowest BCUT2D eigenvalue weighted by Crippen LogP contribution is -2.40. The van der Waals surface area contributed by atoms with Gasteiger partial charge in [0.1, 0.15) is 5.82 Å². The highest BCUT2D eigenvalue weighted by Crippen LogP contribution is 2.15. The lowest BCUT2D eigenvalue weighted by molar-refractivity contribution is 0.0368. The molecule has 0 saturated carbocycles. The number of aryl methyl sites for hydroxylation is 1. The Balaban J connectivity index is 1.61. The standard InChI is InChI=1S/C21H27FN4OS/c1-17-3-4-19(15-20(17)22)24-21(28)26(16-18-5-7-23-8-6-18)10-2-9-25-11-13-27-14-12-25/h3-8,15H,2,9-14,16H2,1H3,(H,24,28). The van der Waals surface area contributed by atoms with Gasteiger partial charge in [-0.15, -0.1) is 0 Å². The minimum absolute atomic E-state index is 0.235. The molecule has 0 bridgehead atoms. The van der Waals surface area contributed by atoms with Crippen molar-refractivity contribution in [2.45, 2.75) is 19.9 Å². The van der Waals surface area contributed by atoms with Crippen LogP contribution in [0.25, 0.3) is 0 Å². The van der Waals surface area contributed by atoms with Gasteiger partial charge < -0.3 is 15.0 Å². The first kappa shape index (κ1) is 20.6. The normalized spacial score (nSPS) is 14.6. The van der Waals surface area contributed by atoms with E-state index in [-0.39, 0.29) is 5.82 Å². The zero-order chi connectivity index (χ0) is 19.8. The van der Waals surface area contributed by atoms with E-state index in [1.165, 1.54) is 6.07 Å². The molecule has 1 fully saturated rings. The lowest BCUT2D eigenvalue weighted by atomic mass is 10.2. The van der Waals surface area contributed by atoms with Crippen molar-refractivity contribution in [3.63, 3.8) is 0 Å². The number of morpholine rings is 1. The second-order valence-corrected chi connectivity index (χ2v) is 7.37. The first-order valence-corrected chi connectivity index (χ1v) is 10.0. The minimum Gasteiger partial charge on any atom is -0.379 e. The average molecular weight is 403 g/mol. The van der Waals surface area contributed by atoms with E-state index in [2.05, 4.69) is 20.1 Å². The van der Waals surface area contributed by atoms with Crippen molar-refractivity contribution in [1.29, 1.82) is 0 Å². The Morgan fingerprint density at radius 3 is 2.71 bits per heavy atom. The molecule has 1 saturated heterocycles. The minimum atomic E-state index is -0.235. The Bertz CT molecular complexity index is 768. The molecule has 2 heterocycles. The number of rotatable bonds is 7. The Hall–Kier alpha value is -2.09. The van der Waals surface area contributed by atoms with Crippen LogP contribution in [0.15, 0.2) is 42.7 Å². The molecule has 1 aromatic heterocycles. The maximum Gasteiger partial charge on any atom is 0.173 e. The maximum absolute atomic E-state index is 13.9. The smallest absolute Gasteiger partial charge is 0.173 e. The molecule has 28 heavy (non-hydrogen) atoms. The molecule has 150 valence electrons. The molecular weight excluding hydrogens is 375 g/mol. The zero-order valence-electron chi connectivity index (χ0n) is 16.2. The predicted molar refractivity (Wildman–Crippen MR) is 114 cm³/mol. The molecular formula is C21H27FN4OS. The molecule has 0 amide bonds. The van der Waals surface area contributed by atoms with Crippen LogP contribution in [-0.2, 0) is 11.3 Å². The van der Waals surface area contributed by atoms with Crippen molar-refractivity contribution in [3.8, 4) is 0 Å². The molecule has 5 nitrogen and oxygen atoms in total. The summed E-state index contributed by atoms with van der Waals surface area (Å²) in [4.78, 5) is 8.62. The van der Waals surface area contributed by atoms with Crippen LogP contribution in [0.4, 0.5) is 10.1 Å². The van der Waals surface area contributed by atoms with Crippen LogP contribution >= 0.6 is 12.2 Å². The van der Waals surface area contributed by atoms with Crippen molar-refractivity contribution >= 4 is 23.0 Å². The van der Waals surface area contributed by atoms with Gasteiger partial charge in [-0.3, -0.25) is 9.88 Å². The fourth-order valence-corrected chi connectivity index (χ4v) is 3.42. The summed E-state index contributed by atoms with van der Waals surface area (Å²) in [5, 5.41) is 3.79. The van der Waals surface area contributed by atoms with Crippen LogP contribution in [0.5, 0.6) is 0 Å². The summed E-state index contributed by atoms with van der Waals surface area (Å²) in [6.45, 7) is 7.84. The van der Waals surface area contributed by atoms with Gasteiger partial charge in [-0.2, -0.15) is 0 Å². The molecule has 0 radical (unpaired) electrons. The van der Waals surface area contributed by atoms with Crippen LogP contribution < -0.4 is 5.32 Å². The molecule has 0 aliphatic carbocycles. The van der Waals surface area contributed by atoms with Crippen LogP contribution in [0.1, 0.15) is 17.5 Å². The number of anilines is 1. The molecule has 2 aromatic rings. The van der Waals surface area contributed by atoms with Crippen LogP contribution in [0, 0.1) is 12.7 Å². The summed E-state index contributed by atoms with van der Waals surface area (Å²) in [5.41, 5.74) is 2.43. The van der Waals surface area contributed by atoms with Crippen molar-refractivity contribution in [3.05, 3.63) is 59.7 Å². The van der Waals surface area contributed by atoms with E-state index in [0.717, 1.165) is 51.4 Å². The molecule has 1 aromatic carbocycles. The largest absolute Gasteiger partial charge is 0.379 e. The van der Waals surface area contributed by atoms with Gasteiger partial charge in [0.05, 0.1) is 13.2 Å². The van der Waals surface area contributed by atoms with E-state index in [1.807, 2.05) is 18.2 Å². The Kier molecular flexibility index (Phi) is 7.71. The van der Waals surface area contributed by atoms with E-state index in [4.69, 9.17) is 17.0 Å². The van der Waals surface area contributed by atoms with Gasteiger partial charge in [-0.05, 0) is 61.0 Å². The molecule has 1 aliphatic heterocycles. The predicted octanol–water partition coefficient (Wildman–Crippen LogP) is 3.45. The van der Waals surface area contributed by atoms with Gasteiger partial charge in [-0.1, -0.05) is 6.07 Å². The highest BCUT2D eigenvalue weighted by atomic mass is 32.1. The fraction of sp³-hybridized carbons (Fsp3) is 0.429. The van der Waals surface area contributed by atoms with Crippen molar-refractivity contribution in [2.75, 3.05) is 44.7 Å². The number of aromatic nitrogens is 1. The first-order valence-electron chi connectivity index (χ1n) is 9.63. The van der Waals surface area contributed by atoms with Gasteiger partial charge in [0.15, 0.2) is 5.11 Å². The molecule has 1 aliphatic rings. The first-order chi connectivity index (χ1) is 13.6. The molecule has 0 spiro atoms. The quantitative estimate of drug-likeness (QED) is 0.716. The number of benzene rings is 1. The molecule has 7 heteroatoms. The Morgan fingerprint density at radius 2 is 2.00 bits per heavy atom. The number of hydrogen-bond donors (Lipinski definition) is 1. The summed E-state index contributed by atoms with van der Waals surface area (Å²) in [7, 11) is 0. The number of pyridine rings is 1. The second-order valence-electron chi connectivity index (χ2n) is 6.98. The maximum atomic E-state index is 13.9. The van der Waals surface area contributed by atoms with Gasteiger partial charge in [-0.25, -0.2) is 4.39 Å². The molecule has 0 unspecified atom stereocenters. The average Bonchev–Trinajstić information content (AvgIpc) is 2.71. The summed E-state index contributed by atoms with van der Waals surface area (Å²) in [6.07, 6.45) is 4.56. The number of thiocarbonyl (C=S) groups is 1. The van der Waals surface area contributed by atoms with Gasteiger partial charge in [0.25, 0.3) is 0 Å². The zero-order valence-corrected chi connectivity index (χ0v) is 17.1. The summed E-state index contributed by atoms with van der Waals surface area (Å²) >= 11 is 5.65. The van der Waals surface area contributed by atoms with Gasteiger partial charge >= 0.3 is 0 Å². The number of hydrogen-bond acceptors (Lipinski definition) is 4. The van der Waals surface area contributed by atoms with Gasteiger partial charge in [0, 0.05) is 50.8 Å². The number of ether oxygens (including phenoxy) is 1. The molecule has 0 atom stereocenters. The summed E-state index contributed by atoms with van der Waals surface area (Å²) in [5.74, 6) is -0.235. The SMILES string of the molecule is Cc1ccc(NC(=S)N(CCCN2CCOCC2)Cc2ccncc2)cc1F. The molecule has 1 N–H and O–H groups in total. The third-order valence-corrected chi connectivity index (χ3v) is 5.20. The third kappa shape index (κ3) is 6.22. The number of nitrogens with one attached hydrogen (secondary N) is 1. The Morgan fingerprint density at radius 1 is 1.25 bits per heavy atom. The summed E-state index contributed by atoms with van der Waals surface area (Å²) < 4.78 is 19.3. The monoisotopic (exact) mass is 402 g/mol. The Labute approximate surface area is 171 Å². The van der Waals surface area contributed by atoms with Crippen molar-refractivity contribution in [1.82, 2.24) is 14.8 Å². The molecule has 3 rings (SSSR count). The third-order valence-electron chi connectivity index (χ3n) is 4.84.